The van der Waals surface area contributed by atoms with Gasteiger partial charge in [-0.2, -0.15) is 0 Å². The molecule has 24 heavy (non-hydrogen) atoms. The number of ether oxygens (including phenoxy) is 1. The van der Waals surface area contributed by atoms with Gasteiger partial charge in [0.15, 0.2) is 0 Å². The number of hydrogen-bond donors (Lipinski definition) is 2. The van der Waals surface area contributed by atoms with Gasteiger partial charge in [-0.15, -0.1) is 0 Å². The van der Waals surface area contributed by atoms with Crippen molar-refractivity contribution in [2.75, 3.05) is 6.61 Å². The van der Waals surface area contributed by atoms with E-state index in [1.165, 1.54) is 0 Å². The van der Waals surface area contributed by atoms with Gasteiger partial charge in [0, 0.05) is 11.3 Å². The average molecular weight is 336 g/mol. The average Bonchev–Trinajstić information content (AvgIpc) is 2.55. The summed E-state index contributed by atoms with van der Waals surface area (Å²) >= 11 is 0. The second-order valence-corrected chi connectivity index (χ2v) is 6.70. The number of rotatable bonds is 10. The van der Waals surface area contributed by atoms with E-state index in [2.05, 4.69) is 24.1 Å². The van der Waals surface area contributed by atoms with Gasteiger partial charge in [-0.05, 0) is 37.3 Å². The Hall–Kier alpha value is -1.78. The maximum Gasteiger partial charge on any atom is 0.407 e. The van der Waals surface area contributed by atoms with Crippen LogP contribution in [0.3, 0.4) is 0 Å². The van der Waals surface area contributed by atoms with Gasteiger partial charge < -0.3 is 15.0 Å². The summed E-state index contributed by atoms with van der Waals surface area (Å²) in [6, 6.07) is 3.48. The van der Waals surface area contributed by atoms with Crippen LogP contribution in [-0.4, -0.2) is 17.7 Å². The molecule has 0 radical (unpaired) electrons. The Morgan fingerprint density at radius 1 is 1.21 bits per heavy atom. The lowest BCUT2D eigenvalue weighted by Crippen LogP contribution is -2.33. The van der Waals surface area contributed by atoms with Gasteiger partial charge in [-0.3, -0.25) is 4.79 Å². The summed E-state index contributed by atoms with van der Waals surface area (Å²) in [6.45, 7) is 8.56. The summed E-state index contributed by atoms with van der Waals surface area (Å²) in [7, 11) is 0. The van der Waals surface area contributed by atoms with Crippen molar-refractivity contribution in [2.24, 2.45) is 5.92 Å². The first-order chi connectivity index (χ1) is 11.5. The van der Waals surface area contributed by atoms with Crippen LogP contribution in [0.25, 0.3) is 0 Å². The summed E-state index contributed by atoms with van der Waals surface area (Å²) in [5, 5.41) is 2.85. The molecule has 136 valence electrons. The third-order valence-electron chi connectivity index (χ3n) is 3.86. The van der Waals surface area contributed by atoms with E-state index in [4.69, 9.17) is 4.74 Å². The quantitative estimate of drug-likeness (QED) is 0.668. The van der Waals surface area contributed by atoms with E-state index in [0.717, 1.165) is 44.2 Å². The minimum atomic E-state index is -0.459. The van der Waals surface area contributed by atoms with E-state index >= 15 is 0 Å². The van der Waals surface area contributed by atoms with Crippen molar-refractivity contribution in [3.05, 3.63) is 33.7 Å². The first-order valence-corrected chi connectivity index (χ1v) is 9.13. The van der Waals surface area contributed by atoms with Gasteiger partial charge >= 0.3 is 6.09 Å². The lowest BCUT2D eigenvalue weighted by atomic mass is 10.0. The monoisotopic (exact) mass is 336 g/mol. The number of hydrogen-bond acceptors (Lipinski definition) is 3. The van der Waals surface area contributed by atoms with Crippen LogP contribution in [0.2, 0.25) is 0 Å². The Balaban J connectivity index is 2.83. The third-order valence-corrected chi connectivity index (χ3v) is 3.86. The molecule has 1 heterocycles. The van der Waals surface area contributed by atoms with Crippen LogP contribution < -0.4 is 10.9 Å². The fourth-order valence-corrected chi connectivity index (χ4v) is 2.45. The zero-order valence-corrected chi connectivity index (χ0v) is 15.5. The normalized spacial score (nSPS) is 12.2. The number of carbonyl (C=O) groups excluding carboxylic acids is 1. The molecule has 5 heteroatoms. The Kier molecular flexibility index (Phi) is 9.20. The Morgan fingerprint density at radius 3 is 2.50 bits per heavy atom. The van der Waals surface area contributed by atoms with Crippen molar-refractivity contribution in [3.8, 4) is 0 Å². The molecule has 5 nitrogen and oxygen atoms in total. The van der Waals surface area contributed by atoms with Crippen molar-refractivity contribution in [3.63, 3.8) is 0 Å². The zero-order chi connectivity index (χ0) is 17.9. The van der Waals surface area contributed by atoms with Crippen molar-refractivity contribution >= 4 is 6.09 Å². The molecular formula is C19H32N2O3. The van der Waals surface area contributed by atoms with E-state index in [9.17, 15) is 9.59 Å². The smallest absolute Gasteiger partial charge is 0.407 e. The molecule has 1 aromatic heterocycles. The number of H-pyrrole nitrogens is 1. The molecular weight excluding hydrogens is 304 g/mol. The molecule has 1 amide bonds. The Bertz CT molecular complexity index is 552. The molecule has 0 aromatic carbocycles. The number of aromatic amines is 1. The van der Waals surface area contributed by atoms with Gasteiger partial charge in [0.2, 0.25) is 0 Å². The largest absolute Gasteiger partial charge is 0.449 e. The van der Waals surface area contributed by atoms with Crippen LogP contribution >= 0.6 is 0 Å². The number of aromatic nitrogens is 1. The third kappa shape index (κ3) is 7.20. The van der Waals surface area contributed by atoms with E-state index in [0.29, 0.717) is 12.2 Å². The second-order valence-electron chi connectivity index (χ2n) is 6.70. The summed E-state index contributed by atoms with van der Waals surface area (Å²) in [4.78, 5) is 27.3. The standard InChI is InChI=1S/C19H32N2O3/c1-5-7-9-15-11-12-16(18(22)20-15)17(10-8-6-2)21-19(23)24-13-14(3)4/h11-12,14,17H,5-10,13H2,1-4H3,(H,20,22)(H,21,23). The minimum Gasteiger partial charge on any atom is -0.449 e. The van der Waals surface area contributed by atoms with Crippen LogP contribution in [0, 0.1) is 5.92 Å². The molecule has 0 saturated carbocycles. The van der Waals surface area contributed by atoms with Crippen molar-refractivity contribution in [1.29, 1.82) is 0 Å². The number of nitrogens with one attached hydrogen (secondary N) is 2. The van der Waals surface area contributed by atoms with Crippen molar-refractivity contribution in [1.82, 2.24) is 10.3 Å². The molecule has 0 saturated heterocycles. The molecule has 0 spiro atoms. The Morgan fingerprint density at radius 2 is 1.92 bits per heavy atom. The van der Waals surface area contributed by atoms with Crippen LogP contribution in [0.1, 0.15) is 77.1 Å². The molecule has 2 N–H and O–H groups in total. The van der Waals surface area contributed by atoms with E-state index in [1.54, 1.807) is 0 Å². The highest BCUT2D eigenvalue weighted by molar-refractivity contribution is 5.67. The predicted molar refractivity (Wildman–Crippen MR) is 97.3 cm³/mol. The SMILES string of the molecule is CCCCc1ccc(C(CCCC)NC(=O)OCC(C)C)c(=O)[nH]1. The summed E-state index contributed by atoms with van der Waals surface area (Å²) in [5.74, 6) is 0.283. The maximum absolute atomic E-state index is 12.4. The van der Waals surface area contributed by atoms with Crippen molar-refractivity contribution < 1.29 is 9.53 Å². The van der Waals surface area contributed by atoms with Crippen LogP contribution in [0.4, 0.5) is 4.79 Å². The summed E-state index contributed by atoms with van der Waals surface area (Å²) < 4.78 is 5.19. The van der Waals surface area contributed by atoms with Gasteiger partial charge in [0.1, 0.15) is 0 Å². The molecule has 0 aliphatic carbocycles. The number of unbranched alkanes of at least 4 members (excludes halogenated alkanes) is 2. The fourth-order valence-electron chi connectivity index (χ4n) is 2.45. The van der Waals surface area contributed by atoms with E-state index < -0.39 is 6.09 Å². The molecule has 1 unspecified atom stereocenters. The van der Waals surface area contributed by atoms with Crippen molar-refractivity contribution in [2.45, 2.75) is 72.3 Å². The summed E-state index contributed by atoms with van der Waals surface area (Å²) in [5.41, 5.74) is 1.43. The highest BCUT2D eigenvalue weighted by atomic mass is 16.5. The van der Waals surface area contributed by atoms with E-state index in [-0.39, 0.29) is 17.5 Å². The van der Waals surface area contributed by atoms with Crippen LogP contribution in [-0.2, 0) is 11.2 Å². The second kappa shape index (κ2) is 10.9. The van der Waals surface area contributed by atoms with Gasteiger partial charge in [0.05, 0.1) is 12.6 Å². The first kappa shape index (κ1) is 20.3. The molecule has 0 aliphatic rings. The Labute approximate surface area is 145 Å². The van der Waals surface area contributed by atoms with Crippen LogP contribution in [0.5, 0.6) is 0 Å². The molecule has 0 aliphatic heterocycles. The predicted octanol–water partition coefficient (Wildman–Crippen LogP) is 4.33. The fraction of sp³-hybridized carbons (Fsp3) is 0.684. The lowest BCUT2D eigenvalue weighted by Gasteiger charge is -2.19. The number of carbonyl (C=O) groups is 1. The molecule has 0 bridgehead atoms. The van der Waals surface area contributed by atoms with Gasteiger partial charge in [0.25, 0.3) is 5.56 Å². The van der Waals surface area contributed by atoms with Gasteiger partial charge in [-0.25, -0.2) is 4.79 Å². The summed E-state index contributed by atoms with van der Waals surface area (Å²) in [6.07, 6.45) is 5.22. The molecule has 0 fully saturated rings. The molecule has 1 aromatic rings. The molecule has 1 atom stereocenters. The maximum atomic E-state index is 12.4. The van der Waals surface area contributed by atoms with E-state index in [1.807, 2.05) is 26.0 Å². The highest BCUT2D eigenvalue weighted by Crippen LogP contribution is 2.17. The van der Waals surface area contributed by atoms with Gasteiger partial charge in [-0.1, -0.05) is 47.0 Å². The highest BCUT2D eigenvalue weighted by Gasteiger charge is 2.18. The number of pyridine rings is 1. The zero-order valence-electron chi connectivity index (χ0n) is 15.5. The number of amides is 1. The lowest BCUT2D eigenvalue weighted by molar-refractivity contribution is 0.128. The topological polar surface area (TPSA) is 71.2 Å². The molecule has 1 rings (SSSR count). The number of alkyl carbamates (subject to hydrolysis) is 1. The first-order valence-electron chi connectivity index (χ1n) is 9.13. The number of aryl methyl sites for hydroxylation is 1. The minimum absolute atomic E-state index is 0.117. The van der Waals surface area contributed by atoms with Crippen LogP contribution in [0.15, 0.2) is 16.9 Å².